The van der Waals surface area contributed by atoms with E-state index in [-0.39, 0.29) is 0 Å². The molecule has 0 fully saturated rings. The van der Waals surface area contributed by atoms with Crippen molar-refractivity contribution in [3.63, 3.8) is 0 Å². The van der Waals surface area contributed by atoms with Crippen LogP contribution in [-0.4, -0.2) is 23.6 Å². The van der Waals surface area contributed by atoms with Crippen molar-refractivity contribution in [3.8, 4) is 17.0 Å². The lowest BCUT2D eigenvalue weighted by atomic mass is 9.94. The molecular formula is C17H25N3O. The molecular weight excluding hydrogens is 262 g/mol. The van der Waals surface area contributed by atoms with E-state index in [1.807, 2.05) is 30.5 Å². The van der Waals surface area contributed by atoms with E-state index in [0.717, 1.165) is 35.7 Å². The molecule has 0 amide bonds. The first-order valence-electron chi connectivity index (χ1n) is 7.51. The van der Waals surface area contributed by atoms with Gasteiger partial charge in [0.25, 0.3) is 0 Å². The third-order valence-corrected chi connectivity index (χ3v) is 3.65. The molecule has 0 spiro atoms. The van der Waals surface area contributed by atoms with Crippen molar-refractivity contribution in [2.75, 3.05) is 13.7 Å². The molecule has 0 radical (unpaired) electrons. The molecule has 4 nitrogen and oxygen atoms in total. The summed E-state index contributed by atoms with van der Waals surface area (Å²) < 4.78 is 5.40. The lowest BCUT2D eigenvalue weighted by Crippen LogP contribution is -2.19. The Labute approximate surface area is 126 Å². The summed E-state index contributed by atoms with van der Waals surface area (Å²) in [5, 5.41) is 0. The van der Waals surface area contributed by atoms with Crippen molar-refractivity contribution >= 4 is 0 Å². The van der Waals surface area contributed by atoms with Gasteiger partial charge in [-0.05, 0) is 36.9 Å². The zero-order chi connectivity index (χ0) is 15.2. The molecule has 1 aromatic heterocycles. The summed E-state index contributed by atoms with van der Waals surface area (Å²) in [5.74, 6) is 2.97. The fourth-order valence-electron chi connectivity index (χ4n) is 2.67. The number of imidazole rings is 1. The van der Waals surface area contributed by atoms with Gasteiger partial charge in [-0.3, -0.25) is 0 Å². The third-order valence-electron chi connectivity index (χ3n) is 3.65. The second kappa shape index (κ2) is 7.27. The Hall–Kier alpha value is -1.81. The summed E-state index contributed by atoms with van der Waals surface area (Å²) in [6.45, 7) is 5.15. The highest BCUT2D eigenvalue weighted by Crippen LogP contribution is 2.28. The van der Waals surface area contributed by atoms with E-state index in [9.17, 15) is 0 Å². The number of ether oxygens (including phenoxy) is 1. The average Bonchev–Trinajstić information content (AvgIpc) is 2.94. The Balaban J connectivity index is 2.14. The third kappa shape index (κ3) is 4.08. The smallest absolute Gasteiger partial charge is 0.128 e. The van der Waals surface area contributed by atoms with Gasteiger partial charge in [0.2, 0.25) is 0 Å². The van der Waals surface area contributed by atoms with Gasteiger partial charge in [0.15, 0.2) is 0 Å². The van der Waals surface area contributed by atoms with Crippen LogP contribution in [0.2, 0.25) is 0 Å². The number of hydrogen-bond donors (Lipinski definition) is 2. The molecule has 1 atom stereocenters. The predicted molar refractivity (Wildman–Crippen MR) is 86.3 cm³/mol. The van der Waals surface area contributed by atoms with Crippen LogP contribution in [0.15, 0.2) is 30.5 Å². The molecule has 0 aliphatic rings. The van der Waals surface area contributed by atoms with Gasteiger partial charge in [0.1, 0.15) is 11.6 Å². The van der Waals surface area contributed by atoms with Crippen LogP contribution >= 0.6 is 0 Å². The molecule has 0 saturated heterocycles. The molecule has 2 rings (SSSR count). The first-order chi connectivity index (χ1) is 10.1. The van der Waals surface area contributed by atoms with Crippen LogP contribution in [0, 0.1) is 11.8 Å². The Bertz CT molecular complexity index is 563. The lowest BCUT2D eigenvalue weighted by molar-refractivity contribution is 0.409. The summed E-state index contributed by atoms with van der Waals surface area (Å²) >= 11 is 0. The first-order valence-corrected chi connectivity index (χ1v) is 7.51. The van der Waals surface area contributed by atoms with Gasteiger partial charge in [-0.1, -0.05) is 26.0 Å². The average molecular weight is 287 g/mol. The zero-order valence-electron chi connectivity index (χ0n) is 13.1. The zero-order valence-corrected chi connectivity index (χ0v) is 13.1. The predicted octanol–water partition coefficient (Wildman–Crippen LogP) is 3.25. The fourth-order valence-corrected chi connectivity index (χ4v) is 2.67. The number of nitrogens with two attached hydrogens (primary N) is 1. The molecule has 4 heteroatoms. The SMILES string of the molecule is COc1ccccc1-c1cnc(CC(CN)CC(C)C)[nH]1. The van der Waals surface area contributed by atoms with E-state index in [1.165, 1.54) is 0 Å². The summed E-state index contributed by atoms with van der Waals surface area (Å²) in [6.07, 6.45) is 3.89. The molecule has 21 heavy (non-hydrogen) atoms. The van der Waals surface area contributed by atoms with E-state index in [0.29, 0.717) is 18.4 Å². The quantitative estimate of drug-likeness (QED) is 0.821. The number of methoxy groups -OCH3 is 1. The largest absolute Gasteiger partial charge is 0.496 e. The van der Waals surface area contributed by atoms with Crippen molar-refractivity contribution in [3.05, 3.63) is 36.3 Å². The minimum Gasteiger partial charge on any atom is -0.496 e. The van der Waals surface area contributed by atoms with Crippen LogP contribution in [0.4, 0.5) is 0 Å². The summed E-state index contributed by atoms with van der Waals surface area (Å²) in [6, 6.07) is 7.95. The molecule has 0 saturated carbocycles. The normalized spacial score (nSPS) is 12.6. The van der Waals surface area contributed by atoms with Gasteiger partial charge < -0.3 is 15.5 Å². The number of rotatable bonds is 7. The highest BCUT2D eigenvalue weighted by molar-refractivity contribution is 5.66. The Kier molecular flexibility index (Phi) is 5.39. The number of aromatic nitrogens is 2. The summed E-state index contributed by atoms with van der Waals surface area (Å²) in [5.41, 5.74) is 7.89. The van der Waals surface area contributed by atoms with Gasteiger partial charge in [-0.15, -0.1) is 0 Å². The number of aromatic amines is 1. The Morgan fingerprint density at radius 2 is 2.05 bits per heavy atom. The topological polar surface area (TPSA) is 63.9 Å². The number of benzene rings is 1. The number of nitrogens with zero attached hydrogens (tertiary/aromatic N) is 1. The second-order valence-corrected chi connectivity index (χ2v) is 5.88. The molecule has 3 N–H and O–H groups in total. The van der Waals surface area contributed by atoms with Crippen LogP contribution in [0.1, 0.15) is 26.1 Å². The van der Waals surface area contributed by atoms with Gasteiger partial charge in [0.05, 0.1) is 19.0 Å². The van der Waals surface area contributed by atoms with Crippen molar-refractivity contribution in [1.82, 2.24) is 9.97 Å². The van der Waals surface area contributed by atoms with Crippen LogP contribution in [0.5, 0.6) is 5.75 Å². The number of nitrogens with one attached hydrogen (secondary N) is 1. The highest BCUT2D eigenvalue weighted by Gasteiger charge is 2.14. The summed E-state index contributed by atoms with van der Waals surface area (Å²) in [7, 11) is 1.68. The van der Waals surface area contributed by atoms with E-state index in [2.05, 4.69) is 23.8 Å². The molecule has 0 aliphatic carbocycles. The van der Waals surface area contributed by atoms with Crippen molar-refractivity contribution < 1.29 is 4.74 Å². The van der Waals surface area contributed by atoms with Gasteiger partial charge in [-0.2, -0.15) is 0 Å². The number of para-hydroxylation sites is 1. The van der Waals surface area contributed by atoms with Crippen molar-refractivity contribution in [1.29, 1.82) is 0 Å². The number of hydrogen-bond acceptors (Lipinski definition) is 3. The lowest BCUT2D eigenvalue weighted by Gasteiger charge is -2.15. The van der Waals surface area contributed by atoms with Gasteiger partial charge >= 0.3 is 0 Å². The standard InChI is InChI=1S/C17H25N3O/c1-12(2)8-13(10-18)9-17-19-11-15(20-17)14-6-4-5-7-16(14)21-3/h4-7,11-13H,8-10,18H2,1-3H3,(H,19,20). The number of H-pyrrole nitrogens is 1. The maximum atomic E-state index is 5.87. The molecule has 1 heterocycles. The van der Waals surface area contributed by atoms with Crippen LogP contribution in [-0.2, 0) is 6.42 Å². The summed E-state index contributed by atoms with van der Waals surface area (Å²) in [4.78, 5) is 7.89. The van der Waals surface area contributed by atoms with E-state index in [1.54, 1.807) is 7.11 Å². The van der Waals surface area contributed by atoms with Crippen LogP contribution in [0.3, 0.4) is 0 Å². The van der Waals surface area contributed by atoms with E-state index < -0.39 is 0 Å². The molecule has 0 aliphatic heterocycles. The minimum absolute atomic E-state index is 0.474. The molecule has 0 bridgehead atoms. The molecule has 1 unspecified atom stereocenters. The Morgan fingerprint density at radius 1 is 1.29 bits per heavy atom. The van der Waals surface area contributed by atoms with Crippen molar-refractivity contribution in [2.45, 2.75) is 26.7 Å². The maximum Gasteiger partial charge on any atom is 0.128 e. The molecule has 2 aromatic rings. The van der Waals surface area contributed by atoms with Gasteiger partial charge in [0, 0.05) is 12.0 Å². The molecule has 1 aromatic carbocycles. The van der Waals surface area contributed by atoms with E-state index >= 15 is 0 Å². The molecule has 114 valence electrons. The first kappa shape index (κ1) is 15.6. The Morgan fingerprint density at radius 3 is 2.71 bits per heavy atom. The van der Waals surface area contributed by atoms with Gasteiger partial charge in [-0.25, -0.2) is 4.98 Å². The van der Waals surface area contributed by atoms with Crippen LogP contribution < -0.4 is 10.5 Å². The van der Waals surface area contributed by atoms with E-state index in [4.69, 9.17) is 10.5 Å². The van der Waals surface area contributed by atoms with Crippen LogP contribution in [0.25, 0.3) is 11.3 Å². The van der Waals surface area contributed by atoms with Crippen molar-refractivity contribution in [2.24, 2.45) is 17.6 Å². The minimum atomic E-state index is 0.474. The monoisotopic (exact) mass is 287 g/mol. The maximum absolute atomic E-state index is 5.87. The second-order valence-electron chi connectivity index (χ2n) is 5.88. The highest BCUT2D eigenvalue weighted by atomic mass is 16.5. The fraction of sp³-hybridized carbons (Fsp3) is 0.471.